The standard InChI is InChI=1S/C15H22N4O/c1-5-13-15(16)14(6-2)19(18-13)11-7-12(9-17-8-11)20-10(3)4/h7-10H,5-6,16H2,1-4H3. The second kappa shape index (κ2) is 5.94. The fraction of sp³-hybridized carbons (Fsp3) is 0.467. The first-order chi connectivity index (χ1) is 9.56. The molecule has 2 N–H and O–H groups in total. The van der Waals surface area contributed by atoms with E-state index in [1.807, 2.05) is 24.6 Å². The van der Waals surface area contributed by atoms with Gasteiger partial charge in [0.05, 0.1) is 41.3 Å². The summed E-state index contributed by atoms with van der Waals surface area (Å²) in [7, 11) is 0. The molecule has 0 bridgehead atoms. The van der Waals surface area contributed by atoms with Crippen molar-refractivity contribution in [2.45, 2.75) is 46.6 Å². The molecule has 0 fully saturated rings. The summed E-state index contributed by atoms with van der Waals surface area (Å²) in [5.41, 5.74) is 9.76. The Balaban J connectivity index is 2.45. The monoisotopic (exact) mass is 274 g/mol. The molecule has 0 atom stereocenters. The predicted molar refractivity (Wildman–Crippen MR) is 80.3 cm³/mol. The Hall–Kier alpha value is -2.04. The van der Waals surface area contributed by atoms with Crippen molar-refractivity contribution in [1.82, 2.24) is 14.8 Å². The minimum atomic E-state index is 0.117. The largest absolute Gasteiger partial charge is 0.489 e. The van der Waals surface area contributed by atoms with Gasteiger partial charge in [0, 0.05) is 6.07 Å². The molecule has 0 spiro atoms. The van der Waals surface area contributed by atoms with Crippen LogP contribution in [0.25, 0.3) is 5.69 Å². The normalized spacial score (nSPS) is 11.1. The lowest BCUT2D eigenvalue weighted by molar-refractivity contribution is 0.241. The Kier molecular flexibility index (Phi) is 4.27. The molecular formula is C15H22N4O. The van der Waals surface area contributed by atoms with Crippen LogP contribution in [0, 0.1) is 0 Å². The molecule has 2 aromatic rings. The highest BCUT2D eigenvalue weighted by Gasteiger charge is 2.14. The molecule has 0 aromatic carbocycles. The number of pyridine rings is 1. The number of anilines is 1. The minimum absolute atomic E-state index is 0.117. The summed E-state index contributed by atoms with van der Waals surface area (Å²) in [5.74, 6) is 0.742. The molecule has 0 unspecified atom stereocenters. The van der Waals surface area contributed by atoms with Gasteiger partial charge in [-0.2, -0.15) is 5.10 Å². The summed E-state index contributed by atoms with van der Waals surface area (Å²) in [6, 6.07) is 1.94. The number of aryl methyl sites for hydroxylation is 1. The average molecular weight is 274 g/mol. The first kappa shape index (κ1) is 14.4. The molecule has 5 nitrogen and oxygen atoms in total. The quantitative estimate of drug-likeness (QED) is 0.910. The summed E-state index contributed by atoms with van der Waals surface area (Å²) >= 11 is 0. The summed E-state index contributed by atoms with van der Waals surface area (Å²) in [5, 5.41) is 4.59. The molecular weight excluding hydrogens is 252 g/mol. The SMILES string of the molecule is CCc1nn(-c2cncc(OC(C)C)c2)c(CC)c1N. The fourth-order valence-corrected chi connectivity index (χ4v) is 2.19. The molecule has 5 heteroatoms. The molecule has 2 aromatic heterocycles. The van der Waals surface area contributed by atoms with Crippen molar-refractivity contribution in [2.24, 2.45) is 0 Å². The number of nitrogens with two attached hydrogens (primary N) is 1. The van der Waals surface area contributed by atoms with Crippen molar-refractivity contribution in [1.29, 1.82) is 0 Å². The highest BCUT2D eigenvalue weighted by Crippen LogP contribution is 2.24. The number of rotatable bonds is 5. The van der Waals surface area contributed by atoms with Gasteiger partial charge in [0.15, 0.2) is 0 Å². The molecule has 20 heavy (non-hydrogen) atoms. The second-order valence-corrected chi connectivity index (χ2v) is 4.97. The van der Waals surface area contributed by atoms with E-state index < -0.39 is 0 Å². The van der Waals surface area contributed by atoms with Crippen molar-refractivity contribution in [3.63, 3.8) is 0 Å². The van der Waals surface area contributed by atoms with Gasteiger partial charge in [0.1, 0.15) is 5.75 Å². The van der Waals surface area contributed by atoms with E-state index in [2.05, 4.69) is 23.9 Å². The average Bonchev–Trinajstić information content (AvgIpc) is 2.74. The highest BCUT2D eigenvalue weighted by atomic mass is 16.5. The first-order valence-corrected chi connectivity index (χ1v) is 7.05. The molecule has 108 valence electrons. The van der Waals surface area contributed by atoms with Crippen LogP contribution in [0.15, 0.2) is 18.5 Å². The van der Waals surface area contributed by atoms with Crippen molar-refractivity contribution in [3.8, 4) is 11.4 Å². The second-order valence-electron chi connectivity index (χ2n) is 4.97. The van der Waals surface area contributed by atoms with Crippen LogP contribution < -0.4 is 10.5 Å². The number of nitrogen functional groups attached to an aromatic ring is 1. The van der Waals surface area contributed by atoms with Crippen LogP contribution in [0.4, 0.5) is 5.69 Å². The van der Waals surface area contributed by atoms with Crippen LogP contribution in [0.3, 0.4) is 0 Å². The fourth-order valence-electron chi connectivity index (χ4n) is 2.19. The van der Waals surface area contributed by atoms with E-state index in [0.29, 0.717) is 0 Å². The maximum absolute atomic E-state index is 6.15. The van der Waals surface area contributed by atoms with Crippen LogP contribution in [0.1, 0.15) is 39.1 Å². The number of nitrogens with zero attached hydrogens (tertiary/aromatic N) is 3. The van der Waals surface area contributed by atoms with E-state index in [1.165, 1.54) is 0 Å². The van der Waals surface area contributed by atoms with Gasteiger partial charge in [-0.05, 0) is 26.7 Å². The predicted octanol–water partition coefficient (Wildman–Crippen LogP) is 2.76. The Bertz CT molecular complexity index is 590. The zero-order chi connectivity index (χ0) is 14.7. The highest BCUT2D eigenvalue weighted by molar-refractivity contribution is 5.52. The molecule has 0 aliphatic heterocycles. The third kappa shape index (κ3) is 2.76. The van der Waals surface area contributed by atoms with E-state index in [1.54, 1.807) is 12.4 Å². The maximum Gasteiger partial charge on any atom is 0.140 e. The van der Waals surface area contributed by atoms with Crippen LogP contribution in [0.2, 0.25) is 0 Å². The number of aromatic nitrogens is 3. The van der Waals surface area contributed by atoms with Gasteiger partial charge < -0.3 is 10.5 Å². The maximum atomic E-state index is 6.15. The van der Waals surface area contributed by atoms with E-state index in [0.717, 1.165) is 41.4 Å². The first-order valence-electron chi connectivity index (χ1n) is 7.05. The summed E-state index contributed by atoms with van der Waals surface area (Å²) in [4.78, 5) is 4.23. The minimum Gasteiger partial charge on any atom is -0.489 e. The van der Waals surface area contributed by atoms with E-state index in [-0.39, 0.29) is 6.10 Å². The summed E-state index contributed by atoms with van der Waals surface area (Å²) < 4.78 is 7.55. The lowest BCUT2D eigenvalue weighted by Gasteiger charge is -2.11. The topological polar surface area (TPSA) is 66.0 Å². The Morgan fingerprint density at radius 3 is 2.60 bits per heavy atom. The third-order valence-corrected chi connectivity index (χ3v) is 3.08. The third-order valence-electron chi connectivity index (χ3n) is 3.08. The van der Waals surface area contributed by atoms with Gasteiger partial charge in [-0.3, -0.25) is 4.98 Å². The Morgan fingerprint density at radius 1 is 1.25 bits per heavy atom. The summed E-state index contributed by atoms with van der Waals surface area (Å²) in [6.45, 7) is 8.11. The lowest BCUT2D eigenvalue weighted by Crippen LogP contribution is -2.08. The molecule has 2 heterocycles. The Morgan fingerprint density at radius 2 is 2.00 bits per heavy atom. The number of hydrogen-bond donors (Lipinski definition) is 1. The number of ether oxygens (including phenoxy) is 1. The van der Waals surface area contributed by atoms with Crippen LogP contribution in [-0.4, -0.2) is 20.9 Å². The van der Waals surface area contributed by atoms with Gasteiger partial charge in [-0.1, -0.05) is 13.8 Å². The number of hydrogen-bond acceptors (Lipinski definition) is 4. The van der Waals surface area contributed by atoms with Crippen molar-refractivity contribution in [2.75, 3.05) is 5.73 Å². The van der Waals surface area contributed by atoms with Gasteiger partial charge >= 0.3 is 0 Å². The van der Waals surface area contributed by atoms with Crippen LogP contribution in [-0.2, 0) is 12.8 Å². The van der Waals surface area contributed by atoms with E-state index in [4.69, 9.17) is 10.5 Å². The Labute approximate surface area is 119 Å². The van der Waals surface area contributed by atoms with Gasteiger partial charge in [0.2, 0.25) is 0 Å². The molecule has 0 amide bonds. The zero-order valence-corrected chi connectivity index (χ0v) is 12.6. The lowest BCUT2D eigenvalue weighted by atomic mass is 10.2. The van der Waals surface area contributed by atoms with Crippen molar-refractivity contribution < 1.29 is 4.74 Å². The summed E-state index contributed by atoms with van der Waals surface area (Å²) in [6.07, 6.45) is 5.25. The molecule has 0 saturated heterocycles. The van der Waals surface area contributed by atoms with Gasteiger partial charge in [-0.25, -0.2) is 4.68 Å². The van der Waals surface area contributed by atoms with Crippen molar-refractivity contribution >= 4 is 5.69 Å². The van der Waals surface area contributed by atoms with Gasteiger partial charge in [-0.15, -0.1) is 0 Å². The van der Waals surface area contributed by atoms with E-state index in [9.17, 15) is 0 Å². The molecule has 0 saturated carbocycles. The van der Waals surface area contributed by atoms with Gasteiger partial charge in [0.25, 0.3) is 0 Å². The van der Waals surface area contributed by atoms with Crippen molar-refractivity contribution in [3.05, 3.63) is 29.8 Å². The smallest absolute Gasteiger partial charge is 0.140 e. The molecule has 0 radical (unpaired) electrons. The molecule has 0 aliphatic rings. The van der Waals surface area contributed by atoms with Crippen LogP contribution in [0.5, 0.6) is 5.75 Å². The zero-order valence-electron chi connectivity index (χ0n) is 12.6. The molecule has 2 rings (SSSR count). The van der Waals surface area contributed by atoms with Crippen LogP contribution >= 0.6 is 0 Å². The van der Waals surface area contributed by atoms with E-state index >= 15 is 0 Å². The molecule has 0 aliphatic carbocycles.